The second kappa shape index (κ2) is 15.9. The largest absolute Gasteiger partial charge is 0.135 e. The number of benzene rings is 9. The molecular formula is C62H44S2. The SMILES string of the molecule is CC1=CC(c2cccc3c2sc2ccccc23)CC(c2cccc(-c3cccc(-c4cccc(-c5cccc(-c6cc(C)cc(-c7cccc8c7sc7ccccc78)c6)c5)c4)c3)c2)=C1. The first-order valence-electron chi connectivity index (χ1n) is 22.2. The first-order chi connectivity index (χ1) is 31.5. The van der Waals surface area contributed by atoms with Crippen LogP contribution in [0.4, 0.5) is 0 Å². The van der Waals surface area contributed by atoms with E-state index in [9.17, 15) is 0 Å². The third kappa shape index (κ3) is 7.00. The van der Waals surface area contributed by atoms with Gasteiger partial charge in [-0.1, -0.05) is 175 Å². The molecule has 0 bridgehead atoms. The lowest BCUT2D eigenvalue weighted by atomic mass is 9.82. The molecule has 2 heteroatoms. The molecule has 9 aromatic carbocycles. The summed E-state index contributed by atoms with van der Waals surface area (Å²) in [5.74, 6) is 0.332. The molecule has 0 saturated carbocycles. The van der Waals surface area contributed by atoms with Crippen LogP contribution in [0.2, 0.25) is 0 Å². The Hall–Kier alpha value is -7.10. The number of rotatable bonds is 7. The predicted octanol–water partition coefficient (Wildman–Crippen LogP) is 18.6. The minimum absolute atomic E-state index is 0.332. The van der Waals surface area contributed by atoms with E-state index in [1.165, 1.54) is 124 Å². The zero-order valence-corrected chi connectivity index (χ0v) is 37.4. The van der Waals surface area contributed by atoms with Gasteiger partial charge in [0.1, 0.15) is 0 Å². The maximum atomic E-state index is 2.47. The van der Waals surface area contributed by atoms with E-state index in [1.54, 1.807) is 0 Å². The molecule has 11 aromatic rings. The molecule has 0 saturated heterocycles. The van der Waals surface area contributed by atoms with Gasteiger partial charge >= 0.3 is 0 Å². The maximum absolute atomic E-state index is 2.47. The van der Waals surface area contributed by atoms with Crippen LogP contribution in [0.25, 0.3) is 102 Å². The number of aryl methyl sites for hydroxylation is 1. The Morgan fingerprint density at radius 2 is 0.812 bits per heavy atom. The summed E-state index contributed by atoms with van der Waals surface area (Å²) in [5, 5.41) is 5.39. The lowest BCUT2D eigenvalue weighted by Crippen LogP contribution is -2.03. The zero-order chi connectivity index (χ0) is 42.7. The van der Waals surface area contributed by atoms with Gasteiger partial charge in [0.05, 0.1) is 0 Å². The molecule has 0 amide bonds. The standard InChI is InChI=1S/C62H44S2/c1-39-29-49(37-51(31-39)53-23-11-25-57-55-21-3-5-27-59(55)63-61(53)57)47-19-9-17-45(35-47)43-15-7-13-41(33-43)42-14-8-16-44(34-42)46-18-10-20-48(36-46)50-30-40(2)32-52(38-50)54-24-12-26-58-56-22-4-6-28-60(56)64-62(54)58/h3-37,52H,38H2,1-2H3. The average Bonchev–Trinajstić information content (AvgIpc) is 3.93. The third-order valence-electron chi connectivity index (χ3n) is 13.1. The van der Waals surface area contributed by atoms with Crippen LogP contribution in [-0.2, 0) is 0 Å². The highest BCUT2D eigenvalue weighted by molar-refractivity contribution is 7.26. The second-order valence-corrected chi connectivity index (χ2v) is 19.5. The van der Waals surface area contributed by atoms with Gasteiger partial charge in [-0.2, -0.15) is 0 Å². The quantitative estimate of drug-likeness (QED) is 0.150. The lowest BCUT2D eigenvalue weighted by molar-refractivity contribution is 0.867. The van der Waals surface area contributed by atoms with E-state index in [1.807, 2.05) is 22.7 Å². The molecule has 0 fully saturated rings. The summed E-state index contributed by atoms with van der Waals surface area (Å²) < 4.78 is 5.46. The first-order valence-corrected chi connectivity index (χ1v) is 23.9. The molecule has 0 aliphatic heterocycles. The van der Waals surface area contributed by atoms with Crippen molar-refractivity contribution >= 4 is 68.6 Å². The second-order valence-electron chi connectivity index (χ2n) is 17.4. The molecule has 304 valence electrons. The highest BCUT2D eigenvalue weighted by Gasteiger charge is 2.21. The Balaban J connectivity index is 0.826. The molecule has 0 spiro atoms. The van der Waals surface area contributed by atoms with Gasteiger partial charge in [0, 0.05) is 46.3 Å². The van der Waals surface area contributed by atoms with E-state index < -0.39 is 0 Å². The molecule has 2 heterocycles. The maximum Gasteiger partial charge on any atom is 0.0433 e. The molecule has 2 aromatic heterocycles. The minimum atomic E-state index is 0.332. The smallest absolute Gasteiger partial charge is 0.0433 e. The van der Waals surface area contributed by atoms with Crippen LogP contribution in [0.1, 0.15) is 36.0 Å². The van der Waals surface area contributed by atoms with E-state index in [2.05, 4.69) is 226 Å². The van der Waals surface area contributed by atoms with Gasteiger partial charge in [0.2, 0.25) is 0 Å². The molecule has 0 N–H and O–H groups in total. The molecule has 12 rings (SSSR count). The number of thiophene rings is 2. The van der Waals surface area contributed by atoms with Gasteiger partial charge in [-0.3, -0.25) is 0 Å². The molecule has 1 aliphatic carbocycles. The van der Waals surface area contributed by atoms with E-state index in [0.29, 0.717) is 5.92 Å². The summed E-state index contributed by atoms with van der Waals surface area (Å²) in [4.78, 5) is 0. The Bertz CT molecular complexity index is 3680. The van der Waals surface area contributed by atoms with Crippen molar-refractivity contribution in [2.45, 2.75) is 26.2 Å². The van der Waals surface area contributed by atoms with E-state index in [-0.39, 0.29) is 0 Å². The molecular weight excluding hydrogens is 809 g/mol. The van der Waals surface area contributed by atoms with Crippen molar-refractivity contribution in [3.63, 3.8) is 0 Å². The zero-order valence-electron chi connectivity index (χ0n) is 35.8. The predicted molar refractivity (Wildman–Crippen MR) is 280 cm³/mol. The van der Waals surface area contributed by atoms with Crippen LogP contribution in [0.5, 0.6) is 0 Å². The molecule has 1 aliphatic rings. The number of allylic oxidation sites excluding steroid dienone is 4. The van der Waals surface area contributed by atoms with Crippen molar-refractivity contribution in [2.24, 2.45) is 0 Å². The van der Waals surface area contributed by atoms with Gasteiger partial charge in [-0.25, -0.2) is 0 Å². The number of hydrogen-bond acceptors (Lipinski definition) is 2. The van der Waals surface area contributed by atoms with Gasteiger partial charge < -0.3 is 0 Å². The normalized spacial score (nSPS) is 14.1. The number of fused-ring (bicyclic) bond motifs is 6. The van der Waals surface area contributed by atoms with Crippen LogP contribution in [0.3, 0.4) is 0 Å². The van der Waals surface area contributed by atoms with Gasteiger partial charge in [-0.05, 0) is 141 Å². The fourth-order valence-corrected chi connectivity index (χ4v) is 12.6. The molecule has 1 unspecified atom stereocenters. The highest BCUT2D eigenvalue weighted by Crippen LogP contribution is 2.45. The monoisotopic (exact) mass is 852 g/mol. The van der Waals surface area contributed by atoms with Crippen LogP contribution in [0, 0.1) is 6.92 Å². The van der Waals surface area contributed by atoms with Gasteiger partial charge in [-0.15, -0.1) is 22.7 Å². The topological polar surface area (TPSA) is 0 Å². The Kier molecular flexibility index (Phi) is 9.59. The summed E-state index contributed by atoms with van der Waals surface area (Å²) in [5.41, 5.74) is 19.0. The molecule has 1 atom stereocenters. The van der Waals surface area contributed by atoms with E-state index in [0.717, 1.165) is 6.42 Å². The number of hydrogen-bond donors (Lipinski definition) is 0. The summed E-state index contributed by atoms with van der Waals surface area (Å²) in [7, 11) is 0. The third-order valence-corrected chi connectivity index (χ3v) is 15.5. The van der Waals surface area contributed by atoms with Crippen molar-refractivity contribution in [2.75, 3.05) is 0 Å². The lowest BCUT2D eigenvalue weighted by Gasteiger charge is -2.22. The van der Waals surface area contributed by atoms with Crippen molar-refractivity contribution in [1.82, 2.24) is 0 Å². The Morgan fingerprint density at radius 1 is 0.375 bits per heavy atom. The van der Waals surface area contributed by atoms with Crippen molar-refractivity contribution in [3.05, 3.63) is 235 Å². The van der Waals surface area contributed by atoms with Crippen LogP contribution >= 0.6 is 22.7 Å². The Labute approximate surface area is 382 Å². The van der Waals surface area contributed by atoms with Crippen molar-refractivity contribution < 1.29 is 0 Å². The van der Waals surface area contributed by atoms with Crippen molar-refractivity contribution in [1.29, 1.82) is 0 Å². The molecule has 64 heavy (non-hydrogen) atoms. The fraction of sp³-hybridized carbons (Fsp3) is 0.0645. The van der Waals surface area contributed by atoms with Crippen molar-refractivity contribution in [3.8, 4) is 55.6 Å². The minimum Gasteiger partial charge on any atom is -0.135 e. The van der Waals surface area contributed by atoms with Gasteiger partial charge in [0.15, 0.2) is 0 Å². The molecule has 0 nitrogen and oxygen atoms in total. The van der Waals surface area contributed by atoms with E-state index >= 15 is 0 Å². The summed E-state index contributed by atoms with van der Waals surface area (Å²) in [6, 6.07) is 74.5. The van der Waals surface area contributed by atoms with Crippen LogP contribution in [0.15, 0.2) is 218 Å². The van der Waals surface area contributed by atoms with E-state index in [4.69, 9.17) is 0 Å². The molecule has 0 radical (unpaired) electrons. The fourth-order valence-electron chi connectivity index (χ4n) is 10.1. The van der Waals surface area contributed by atoms with Crippen LogP contribution < -0.4 is 0 Å². The average molecular weight is 853 g/mol. The summed E-state index contributed by atoms with van der Waals surface area (Å²) >= 11 is 3.82. The van der Waals surface area contributed by atoms with Crippen LogP contribution in [-0.4, -0.2) is 0 Å². The summed E-state index contributed by atoms with van der Waals surface area (Å²) in [6.07, 6.45) is 5.84. The van der Waals surface area contributed by atoms with Gasteiger partial charge in [0.25, 0.3) is 0 Å². The highest BCUT2D eigenvalue weighted by atomic mass is 32.1. The summed E-state index contributed by atoms with van der Waals surface area (Å²) in [6.45, 7) is 4.47. The first kappa shape index (κ1) is 38.6. The Morgan fingerprint density at radius 3 is 1.42 bits per heavy atom.